The van der Waals surface area contributed by atoms with Crippen molar-refractivity contribution in [3.63, 3.8) is 0 Å². The smallest absolute Gasteiger partial charge is 0.259 e. The standard InChI is InChI=1S/C15H16N4O2/c1-8(2)15-18-12-6-10(4-5-13(12)21-15)17-14(20)11-7-16-19-9(11)3/h4-8H,1-3H3,(H,16,19)(H,17,20). The van der Waals surface area contributed by atoms with Gasteiger partial charge in [0.2, 0.25) is 0 Å². The number of carbonyl (C=O) groups is 1. The predicted molar refractivity (Wildman–Crippen MR) is 79.4 cm³/mol. The number of fused-ring (bicyclic) bond motifs is 1. The Morgan fingerprint density at radius 3 is 2.86 bits per heavy atom. The van der Waals surface area contributed by atoms with Crippen molar-refractivity contribution in [1.29, 1.82) is 0 Å². The van der Waals surface area contributed by atoms with Crippen molar-refractivity contribution in [2.75, 3.05) is 5.32 Å². The molecule has 0 bridgehead atoms. The molecule has 0 fully saturated rings. The molecule has 0 saturated carbocycles. The van der Waals surface area contributed by atoms with E-state index < -0.39 is 0 Å². The monoisotopic (exact) mass is 284 g/mol. The highest BCUT2D eigenvalue weighted by atomic mass is 16.3. The molecule has 3 rings (SSSR count). The Labute approximate surface area is 121 Å². The van der Waals surface area contributed by atoms with Crippen molar-refractivity contribution in [2.24, 2.45) is 0 Å². The van der Waals surface area contributed by atoms with Gasteiger partial charge in [-0.25, -0.2) is 4.98 Å². The van der Waals surface area contributed by atoms with E-state index in [2.05, 4.69) is 20.5 Å². The van der Waals surface area contributed by atoms with Crippen LogP contribution in [0.15, 0.2) is 28.8 Å². The minimum atomic E-state index is -0.201. The zero-order chi connectivity index (χ0) is 15.0. The maximum atomic E-state index is 12.1. The highest BCUT2D eigenvalue weighted by molar-refractivity contribution is 6.05. The summed E-state index contributed by atoms with van der Waals surface area (Å²) in [5.41, 5.74) is 3.39. The summed E-state index contributed by atoms with van der Waals surface area (Å²) in [7, 11) is 0. The summed E-state index contributed by atoms with van der Waals surface area (Å²) < 4.78 is 5.64. The molecule has 0 aliphatic rings. The number of hydrogen-bond donors (Lipinski definition) is 2. The zero-order valence-electron chi connectivity index (χ0n) is 12.1. The summed E-state index contributed by atoms with van der Waals surface area (Å²) in [6.45, 7) is 5.85. The van der Waals surface area contributed by atoms with Gasteiger partial charge in [-0.1, -0.05) is 13.8 Å². The SMILES string of the molecule is Cc1[nH]ncc1C(=O)Nc1ccc2oc(C(C)C)nc2c1. The number of H-pyrrole nitrogens is 1. The molecule has 0 aliphatic heterocycles. The quantitative estimate of drug-likeness (QED) is 0.773. The van der Waals surface area contributed by atoms with E-state index in [9.17, 15) is 4.79 Å². The second-order valence-electron chi connectivity index (χ2n) is 5.25. The van der Waals surface area contributed by atoms with E-state index in [1.165, 1.54) is 6.20 Å². The number of aromatic nitrogens is 3. The number of rotatable bonds is 3. The molecule has 0 atom stereocenters. The molecule has 0 aliphatic carbocycles. The van der Waals surface area contributed by atoms with Gasteiger partial charge in [-0.2, -0.15) is 5.10 Å². The first-order chi connectivity index (χ1) is 10.0. The molecule has 6 heteroatoms. The third-order valence-electron chi connectivity index (χ3n) is 3.23. The summed E-state index contributed by atoms with van der Waals surface area (Å²) in [4.78, 5) is 16.6. The number of carbonyl (C=O) groups excluding carboxylic acids is 1. The molecule has 1 amide bonds. The first-order valence-corrected chi connectivity index (χ1v) is 6.76. The van der Waals surface area contributed by atoms with Crippen LogP contribution in [0.1, 0.15) is 41.7 Å². The molecule has 108 valence electrons. The van der Waals surface area contributed by atoms with Crippen LogP contribution in [-0.2, 0) is 0 Å². The lowest BCUT2D eigenvalue weighted by Gasteiger charge is -2.03. The number of oxazole rings is 1. The lowest BCUT2D eigenvalue weighted by atomic mass is 10.2. The van der Waals surface area contributed by atoms with Gasteiger partial charge >= 0.3 is 0 Å². The van der Waals surface area contributed by atoms with Gasteiger partial charge in [0, 0.05) is 17.3 Å². The lowest BCUT2D eigenvalue weighted by Crippen LogP contribution is -2.12. The third kappa shape index (κ3) is 2.52. The number of aromatic amines is 1. The summed E-state index contributed by atoms with van der Waals surface area (Å²) >= 11 is 0. The van der Waals surface area contributed by atoms with Crippen LogP contribution in [-0.4, -0.2) is 21.1 Å². The van der Waals surface area contributed by atoms with Crippen molar-refractivity contribution in [1.82, 2.24) is 15.2 Å². The predicted octanol–water partition coefficient (Wildman–Crippen LogP) is 3.24. The topological polar surface area (TPSA) is 83.8 Å². The molecule has 2 aromatic heterocycles. The average molecular weight is 284 g/mol. The van der Waals surface area contributed by atoms with E-state index in [0.717, 1.165) is 16.8 Å². The summed E-state index contributed by atoms with van der Waals surface area (Å²) in [5.74, 6) is 0.719. The van der Waals surface area contributed by atoms with Crippen LogP contribution >= 0.6 is 0 Å². The zero-order valence-corrected chi connectivity index (χ0v) is 12.1. The molecule has 2 N–H and O–H groups in total. The van der Waals surface area contributed by atoms with Crippen molar-refractivity contribution >= 4 is 22.7 Å². The molecular weight excluding hydrogens is 268 g/mol. The maximum absolute atomic E-state index is 12.1. The van der Waals surface area contributed by atoms with Gasteiger partial charge in [0.05, 0.1) is 11.8 Å². The largest absolute Gasteiger partial charge is 0.440 e. The van der Waals surface area contributed by atoms with Crippen LogP contribution in [0.2, 0.25) is 0 Å². The molecule has 6 nitrogen and oxygen atoms in total. The number of benzene rings is 1. The number of hydrogen-bond acceptors (Lipinski definition) is 4. The third-order valence-corrected chi connectivity index (χ3v) is 3.23. The second-order valence-corrected chi connectivity index (χ2v) is 5.25. The lowest BCUT2D eigenvalue weighted by molar-refractivity contribution is 0.102. The molecule has 3 aromatic rings. The van der Waals surface area contributed by atoms with Crippen molar-refractivity contribution < 1.29 is 9.21 Å². The number of amides is 1. The summed E-state index contributed by atoms with van der Waals surface area (Å²) in [6.07, 6.45) is 1.51. The molecule has 0 unspecified atom stereocenters. The first kappa shape index (κ1) is 13.4. The van der Waals surface area contributed by atoms with Gasteiger partial charge in [0.25, 0.3) is 5.91 Å². The Morgan fingerprint density at radius 2 is 2.19 bits per heavy atom. The van der Waals surface area contributed by atoms with Crippen molar-refractivity contribution in [3.8, 4) is 0 Å². The highest BCUT2D eigenvalue weighted by Gasteiger charge is 2.13. The van der Waals surface area contributed by atoms with Crippen LogP contribution in [0.25, 0.3) is 11.1 Å². The molecule has 1 aromatic carbocycles. The Morgan fingerprint density at radius 1 is 1.38 bits per heavy atom. The second kappa shape index (κ2) is 5.05. The van der Waals surface area contributed by atoms with Crippen molar-refractivity contribution in [2.45, 2.75) is 26.7 Å². The molecular formula is C15H16N4O2. The van der Waals surface area contributed by atoms with Gasteiger partial charge in [-0.3, -0.25) is 9.89 Å². The van der Waals surface area contributed by atoms with Crippen LogP contribution < -0.4 is 5.32 Å². The van der Waals surface area contributed by atoms with E-state index in [0.29, 0.717) is 17.1 Å². The molecule has 21 heavy (non-hydrogen) atoms. The van der Waals surface area contributed by atoms with Crippen LogP contribution in [0.5, 0.6) is 0 Å². The minimum Gasteiger partial charge on any atom is -0.440 e. The summed E-state index contributed by atoms with van der Waals surface area (Å²) in [5, 5.41) is 9.42. The summed E-state index contributed by atoms with van der Waals surface area (Å²) in [6, 6.07) is 5.41. The number of aryl methyl sites for hydroxylation is 1. The Bertz CT molecular complexity index is 801. The van der Waals surface area contributed by atoms with E-state index in [-0.39, 0.29) is 11.8 Å². The van der Waals surface area contributed by atoms with Gasteiger partial charge in [-0.15, -0.1) is 0 Å². The van der Waals surface area contributed by atoms with E-state index >= 15 is 0 Å². The number of anilines is 1. The normalized spacial score (nSPS) is 11.2. The first-order valence-electron chi connectivity index (χ1n) is 6.76. The fourth-order valence-corrected chi connectivity index (χ4v) is 2.05. The van der Waals surface area contributed by atoms with Gasteiger partial charge < -0.3 is 9.73 Å². The molecule has 0 saturated heterocycles. The molecule has 2 heterocycles. The fraction of sp³-hybridized carbons (Fsp3) is 0.267. The maximum Gasteiger partial charge on any atom is 0.259 e. The Hall–Kier alpha value is -2.63. The number of nitrogens with one attached hydrogen (secondary N) is 2. The van der Waals surface area contributed by atoms with Gasteiger partial charge in [0.15, 0.2) is 11.5 Å². The van der Waals surface area contributed by atoms with Gasteiger partial charge in [-0.05, 0) is 25.1 Å². The van der Waals surface area contributed by atoms with E-state index in [1.807, 2.05) is 19.9 Å². The van der Waals surface area contributed by atoms with Gasteiger partial charge in [0.1, 0.15) is 5.52 Å². The molecule has 0 radical (unpaired) electrons. The van der Waals surface area contributed by atoms with Crippen molar-refractivity contribution in [3.05, 3.63) is 41.5 Å². The fourth-order valence-electron chi connectivity index (χ4n) is 2.05. The van der Waals surface area contributed by atoms with E-state index in [1.54, 1.807) is 19.1 Å². The van der Waals surface area contributed by atoms with Crippen LogP contribution in [0.4, 0.5) is 5.69 Å². The number of nitrogens with zero attached hydrogens (tertiary/aromatic N) is 2. The van der Waals surface area contributed by atoms with Crippen LogP contribution in [0.3, 0.4) is 0 Å². The highest BCUT2D eigenvalue weighted by Crippen LogP contribution is 2.24. The van der Waals surface area contributed by atoms with E-state index in [4.69, 9.17) is 4.42 Å². The average Bonchev–Trinajstić information content (AvgIpc) is 3.04. The molecule has 0 spiro atoms. The Kier molecular flexibility index (Phi) is 3.21. The Balaban J connectivity index is 1.87. The van der Waals surface area contributed by atoms with Crippen LogP contribution in [0, 0.1) is 6.92 Å². The minimum absolute atomic E-state index is 0.201.